The molecule has 0 heterocycles. The highest BCUT2D eigenvalue weighted by molar-refractivity contribution is 5.75. The van der Waals surface area contributed by atoms with Gasteiger partial charge in [-0.1, -0.05) is 51.2 Å². The highest BCUT2D eigenvalue weighted by Gasteiger charge is 2.26. The molecule has 2 atom stereocenters. The molecule has 23 heavy (non-hydrogen) atoms. The van der Waals surface area contributed by atoms with Gasteiger partial charge in [0.1, 0.15) is 11.9 Å². The minimum atomic E-state index is -1.59. The number of hydrogen-bond acceptors (Lipinski definition) is 5. The molecule has 0 spiro atoms. The van der Waals surface area contributed by atoms with Crippen molar-refractivity contribution in [3.05, 3.63) is 29.8 Å². The van der Waals surface area contributed by atoms with Crippen LogP contribution in [0.2, 0.25) is 0 Å². The molecule has 130 valence electrons. The molecule has 5 nitrogen and oxygen atoms in total. The highest BCUT2D eigenvalue weighted by atomic mass is 16.5. The van der Waals surface area contributed by atoms with Crippen molar-refractivity contribution < 1.29 is 24.5 Å². The number of hydrogen-bond donors (Lipinski definition) is 2. The molecular formula is C18H28O5. The van der Waals surface area contributed by atoms with Gasteiger partial charge in [0.2, 0.25) is 0 Å². The number of carbonyl (C=O) groups excluding carboxylic acids is 1. The largest absolute Gasteiger partial charge is 0.494 e. The third kappa shape index (κ3) is 7.01. The number of esters is 1. The number of ether oxygens (including phenoxy) is 2. The summed E-state index contributed by atoms with van der Waals surface area (Å²) in [6.45, 7) is 2.87. The Kier molecular flexibility index (Phi) is 9.33. The van der Waals surface area contributed by atoms with E-state index in [9.17, 15) is 15.0 Å². The lowest BCUT2D eigenvalue weighted by molar-refractivity contribution is -0.156. The van der Waals surface area contributed by atoms with Crippen LogP contribution in [0.1, 0.15) is 57.1 Å². The molecule has 1 rings (SSSR count). The van der Waals surface area contributed by atoms with Crippen LogP contribution >= 0.6 is 0 Å². The molecule has 0 saturated heterocycles. The lowest BCUT2D eigenvalue weighted by Gasteiger charge is -2.16. The second-order valence-corrected chi connectivity index (χ2v) is 5.60. The molecule has 0 aromatic heterocycles. The topological polar surface area (TPSA) is 76.0 Å². The van der Waals surface area contributed by atoms with Crippen LogP contribution in [0.3, 0.4) is 0 Å². The van der Waals surface area contributed by atoms with Gasteiger partial charge in [-0.2, -0.15) is 0 Å². The average molecular weight is 324 g/mol. The standard InChI is InChI=1S/C18H28O5/c1-3-4-5-6-7-8-13-23-15-11-9-14(10-12-15)16(19)17(20)18(21)22-2/h9-12,16-17,19-20H,3-8,13H2,1-2H3. The molecule has 5 heteroatoms. The summed E-state index contributed by atoms with van der Waals surface area (Å²) in [6, 6.07) is 6.71. The zero-order chi connectivity index (χ0) is 17.1. The van der Waals surface area contributed by atoms with Gasteiger partial charge < -0.3 is 19.7 Å². The summed E-state index contributed by atoms with van der Waals surface area (Å²) in [6.07, 6.45) is 4.36. The first kappa shape index (κ1) is 19.5. The minimum absolute atomic E-state index is 0.440. The molecule has 0 saturated carbocycles. The molecule has 0 aliphatic heterocycles. The van der Waals surface area contributed by atoms with Crippen molar-refractivity contribution in [3.8, 4) is 5.75 Å². The van der Waals surface area contributed by atoms with Crippen LogP contribution in [0.15, 0.2) is 24.3 Å². The van der Waals surface area contributed by atoms with Crippen molar-refractivity contribution in [1.82, 2.24) is 0 Å². The molecule has 2 N–H and O–H groups in total. The number of methoxy groups -OCH3 is 1. The van der Waals surface area contributed by atoms with Crippen molar-refractivity contribution in [2.75, 3.05) is 13.7 Å². The van der Waals surface area contributed by atoms with E-state index in [1.807, 2.05) is 0 Å². The van der Waals surface area contributed by atoms with E-state index >= 15 is 0 Å². The fourth-order valence-electron chi connectivity index (χ4n) is 2.27. The Morgan fingerprint density at radius 2 is 1.65 bits per heavy atom. The van der Waals surface area contributed by atoms with E-state index in [1.54, 1.807) is 24.3 Å². The minimum Gasteiger partial charge on any atom is -0.494 e. The molecular weight excluding hydrogens is 296 g/mol. The molecule has 1 aromatic carbocycles. The number of aliphatic hydroxyl groups is 2. The summed E-state index contributed by atoms with van der Waals surface area (Å²) in [4.78, 5) is 11.2. The second kappa shape index (κ2) is 11.0. The molecule has 1 aromatic rings. The summed E-state index contributed by atoms with van der Waals surface area (Å²) in [7, 11) is 1.16. The van der Waals surface area contributed by atoms with E-state index in [-0.39, 0.29) is 0 Å². The Morgan fingerprint density at radius 3 is 2.26 bits per heavy atom. The van der Waals surface area contributed by atoms with Crippen LogP contribution in [-0.4, -0.2) is 36.0 Å². The zero-order valence-electron chi connectivity index (χ0n) is 14.0. The van der Waals surface area contributed by atoms with E-state index in [2.05, 4.69) is 11.7 Å². The van der Waals surface area contributed by atoms with Gasteiger partial charge in [0, 0.05) is 0 Å². The third-order valence-electron chi connectivity index (χ3n) is 3.73. The Hall–Kier alpha value is -1.59. The number of benzene rings is 1. The maximum Gasteiger partial charge on any atom is 0.337 e. The van der Waals surface area contributed by atoms with Gasteiger partial charge in [-0.3, -0.25) is 0 Å². The van der Waals surface area contributed by atoms with Crippen LogP contribution in [0.5, 0.6) is 5.75 Å². The molecule has 0 aliphatic rings. The Morgan fingerprint density at radius 1 is 1.04 bits per heavy atom. The third-order valence-corrected chi connectivity index (χ3v) is 3.73. The quantitative estimate of drug-likeness (QED) is 0.483. The fourth-order valence-corrected chi connectivity index (χ4v) is 2.27. The van der Waals surface area contributed by atoms with Crippen LogP contribution < -0.4 is 4.74 Å². The highest BCUT2D eigenvalue weighted by Crippen LogP contribution is 2.21. The van der Waals surface area contributed by atoms with Crippen molar-refractivity contribution >= 4 is 5.97 Å². The molecule has 0 radical (unpaired) electrons. The molecule has 0 bridgehead atoms. The SMILES string of the molecule is CCCCCCCCOc1ccc(C(O)C(O)C(=O)OC)cc1. The van der Waals surface area contributed by atoms with Gasteiger partial charge in [0.25, 0.3) is 0 Å². The summed E-state index contributed by atoms with van der Waals surface area (Å²) >= 11 is 0. The van der Waals surface area contributed by atoms with E-state index in [4.69, 9.17) is 4.74 Å². The maximum atomic E-state index is 11.2. The predicted octanol–water partition coefficient (Wildman–Crippen LogP) is 2.99. The van der Waals surface area contributed by atoms with E-state index in [0.29, 0.717) is 17.9 Å². The van der Waals surface area contributed by atoms with Crippen molar-refractivity contribution in [2.45, 2.75) is 57.7 Å². The van der Waals surface area contributed by atoms with Crippen molar-refractivity contribution in [2.24, 2.45) is 0 Å². The Bertz CT molecular complexity index is 443. The van der Waals surface area contributed by atoms with Gasteiger partial charge in [-0.25, -0.2) is 4.79 Å². The van der Waals surface area contributed by atoms with Crippen LogP contribution in [-0.2, 0) is 9.53 Å². The molecule has 2 unspecified atom stereocenters. The lowest BCUT2D eigenvalue weighted by Crippen LogP contribution is -2.28. The van der Waals surface area contributed by atoms with Crippen LogP contribution in [0.25, 0.3) is 0 Å². The van der Waals surface area contributed by atoms with Gasteiger partial charge in [-0.15, -0.1) is 0 Å². The first-order valence-electron chi connectivity index (χ1n) is 8.26. The van der Waals surface area contributed by atoms with E-state index < -0.39 is 18.2 Å². The summed E-state index contributed by atoms with van der Waals surface area (Å²) < 4.78 is 10.0. The lowest BCUT2D eigenvalue weighted by atomic mass is 10.0. The monoisotopic (exact) mass is 324 g/mol. The number of aliphatic hydroxyl groups excluding tert-OH is 2. The van der Waals surface area contributed by atoms with Crippen molar-refractivity contribution in [1.29, 1.82) is 0 Å². The molecule has 0 aliphatic carbocycles. The summed E-state index contributed by atoms with van der Waals surface area (Å²) in [5.74, 6) is -0.150. The van der Waals surface area contributed by atoms with E-state index in [0.717, 1.165) is 13.5 Å². The first-order valence-corrected chi connectivity index (χ1v) is 8.26. The normalized spacial score (nSPS) is 13.4. The average Bonchev–Trinajstić information content (AvgIpc) is 2.59. The van der Waals surface area contributed by atoms with Crippen LogP contribution in [0.4, 0.5) is 0 Å². The van der Waals surface area contributed by atoms with Gasteiger partial charge in [-0.05, 0) is 24.1 Å². The maximum absolute atomic E-state index is 11.2. The van der Waals surface area contributed by atoms with Gasteiger partial charge in [0.15, 0.2) is 6.10 Å². The fraction of sp³-hybridized carbons (Fsp3) is 0.611. The van der Waals surface area contributed by atoms with Crippen LogP contribution in [0, 0.1) is 0 Å². The Labute approximate surface area is 138 Å². The van der Waals surface area contributed by atoms with Gasteiger partial charge in [0.05, 0.1) is 13.7 Å². The summed E-state index contributed by atoms with van der Waals surface area (Å²) in [5, 5.41) is 19.5. The van der Waals surface area contributed by atoms with E-state index in [1.165, 1.54) is 32.1 Å². The smallest absolute Gasteiger partial charge is 0.337 e. The number of rotatable bonds is 11. The number of carbonyl (C=O) groups is 1. The summed E-state index contributed by atoms with van der Waals surface area (Å²) in [5.41, 5.74) is 0.440. The number of unbranched alkanes of at least 4 members (excludes halogenated alkanes) is 5. The molecule has 0 fully saturated rings. The zero-order valence-corrected chi connectivity index (χ0v) is 14.0. The van der Waals surface area contributed by atoms with Crippen molar-refractivity contribution in [3.63, 3.8) is 0 Å². The van der Waals surface area contributed by atoms with Gasteiger partial charge >= 0.3 is 5.97 Å². The Balaban J connectivity index is 2.34. The molecule has 0 amide bonds. The predicted molar refractivity (Wildman–Crippen MR) is 88.3 cm³/mol. The second-order valence-electron chi connectivity index (χ2n) is 5.60. The first-order chi connectivity index (χ1) is 11.1.